The third-order valence-electron chi connectivity index (χ3n) is 4.34. The van der Waals surface area contributed by atoms with Gasteiger partial charge < -0.3 is 25.4 Å². The van der Waals surface area contributed by atoms with E-state index >= 15 is 0 Å². The summed E-state index contributed by atoms with van der Waals surface area (Å²) < 4.78 is 11.3. The van der Waals surface area contributed by atoms with Gasteiger partial charge in [-0.05, 0) is 26.7 Å². The molecule has 6 heteroatoms. The van der Waals surface area contributed by atoms with E-state index in [4.69, 9.17) is 15.2 Å². The van der Waals surface area contributed by atoms with Gasteiger partial charge in [0.25, 0.3) is 0 Å². The monoisotopic (exact) mass is 331 g/mol. The van der Waals surface area contributed by atoms with E-state index in [-0.39, 0.29) is 18.1 Å². The number of aliphatic hydroxyl groups excluding tert-OH is 2. The first-order valence-electron chi connectivity index (χ1n) is 8.85. The Bertz CT molecular complexity index is 339. The summed E-state index contributed by atoms with van der Waals surface area (Å²) in [5, 5.41) is 19.5. The van der Waals surface area contributed by atoms with Crippen molar-refractivity contribution in [2.45, 2.75) is 102 Å². The highest BCUT2D eigenvalue weighted by molar-refractivity contribution is 5.73. The highest BCUT2D eigenvalue weighted by atomic mass is 16.7. The first-order chi connectivity index (χ1) is 10.9. The number of aliphatic hydroxyl groups is 2. The molecule has 4 N–H and O–H groups in total. The van der Waals surface area contributed by atoms with Crippen LogP contribution < -0.4 is 5.73 Å². The van der Waals surface area contributed by atoms with Crippen LogP contribution in [0.15, 0.2) is 0 Å². The molecule has 1 saturated heterocycles. The summed E-state index contributed by atoms with van der Waals surface area (Å²) in [4.78, 5) is 10.6. The summed E-state index contributed by atoms with van der Waals surface area (Å²) in [6.45, 7) is 3.77. The van der Waals surface area contributed by atoms with Crippen molar-refractivity contribution in [2.75, 3.05) is 0 Å². The molecule has 6 nitrogen and oxygen atoms in total. The molecule has 136 valence electrons. The number of unbranched alkanes of at least 4 members (excludes halogenated alkanes) is 5. The maximum Gasteiger partial charge on any atom is 0.217 e. The van der Waals surface area contributed by atoms with Crippen molar-refractivity contribution >= 4 is 5.91 Å². The van der Waals surface area contributed by atoms with Crippen LogP contribution in [0.3, 0.4) is 0 Å². The number of nitrogens with two attached hydrogens (primary N) is 1. The normalized spacial score (nSPS) is 29.4. The molecule has 5 atom stereocenters. The number of hydrogen-bond acceptors (Lipinski definition) is 5. The molecule has 1 fully saturated rings. The van der Waals surface area contributed by atoms with Gasteiger partial charge in [-0.1, -0.05) is 32.1 Å². The molecule has 0 saturated carbocycles. The molecule has 0 bridgehead atoms. The minimum atomic E-state index is -0.770. The largest absolute Gasteiger partial charge is 0.390 e. The quantitative estimate of drug-likeness (QED) is 0.502. The predicted molar refractivity (Wildman–Crippen MR) is 87.6 cm³/mol. The third kappa shape index (κ3) is 8.65. The Morgan fingerprint density at radius 2 is 1.78 bits per heavy atom. The van der Waals surface area contributed by atoms with Crippen molar-refractivity contribution in [1.29, 1.82) is 0 Å². The molecule has 0 spiro atoms. The fraction of sp³-hybridized carbons (Fsp3) is 0.941. The molecule has 1 heterocycles. The van der Waals surface area contributed by atoms with E-state index in [1.807, 2.05) is 6.92 Å². The maximum absolute atomic E-state index is 10.6. The average Bonchev–Trinajstić information content (AvgIpc) is 2.47. The Hall–Kier alpha value is -0.690. The van der Waals surface area contributed by atoms with Crippen LogP contribution in [0.2, 0.25) is 0 Å². The second kappa shape index (κ2) is 11.0. The van der Waals surface area contributed by atoms with Crippen LogP contribution in [0.4, 0.5) is 0 Å². The molecule has 1 rings (SSSR count). The number of primary amides is 1. The summed E-state index contributed by atoms with van der Waals surface area (Å²) in [5.74, 6) is -0.218. The zero-order valence-electron chi connectivity index (χ0n) is 14.4. The lowest BCUT2D eigenvalue weighted by molar-refractivity contribution is -0.273. The number of ether oxygens (including phenoxy) is 2. The first kappa shape index (κ1) is 20.4. The van der Waals surface area contributed by atoms with Gasteiger partial charge in [-0.3, -0.25) is 4.79 Å². The van der Waals surface area contributed by atoms with Crippen molar-refractivity contribution in [3.05, 3.63) is 0 Å². The Balaban J connectivity index is 2.04. The Kier molecular flexibility index (Phi) is 9.71. The zero-order valence-corrected chi connectivity index (χ0v) is 14.4. The van der Waals surface area contributed by atoms with Crippen molar-refractivity contribution in [3.8, 4) is 0 Å². The van der Waals surface area contributed by atoms with Gasteiger partial charge in [0.05, 0.1) is 18.3 Å². The van der Waals surface area contributed by atoms with Gasteiger partial charge in [-0.15, -0.1) is 0 Å². The topological polar surface area (TPSA) is 102 Å². The summed E-state index contributed by atoms with van der Waals surface area (Å²) >= 11 is 0. The molecule has 0 aliphatic carbocycles. The molecular formula is C17H33NO5. The molecule has 0 unspecified atom stereocenters. The molecule has 0 radical (unpaired) electrons. The van der Waals surface area contributed by atoms with E-state index in [1.54, 1.807) is 6.92 Å². The Morgan fingerprint density at radius 3 is 2.43 bits per heavy atom. The molecule has 1 aliphatic rings. The van der Waals surface area contributed by atoms with Crippen LogP contribution in [0.5, 0.6) is 0 Å². The zero-order chi connectivity index (χ0) is 17.2. The lowest BCUT2D eigenvalue weighted by atomic mass is 10.0. The van der Waals surface area contributed by atoms with Gasteiger partial charge in [-0.25, -0.2) is 0 Å². The summed E-state index contributed by atoms with van der Waals surface area (Å²) in [5.41, 5.74) is 5.10. The van der Waals surface area contributed by atoms with Crippen LogP contribution in [0.1, 0.15) is 71.6 Å². The Labute approximate surface area is 139 Å². The van der Waals surface area contributed by atoms with E-state index < -0.39 is 18.5 Å². The minimum absolute atomic E-state index is 0.0203. The molecule has 1 amide bonds. The van der Waals surface area contributed by atoms with Gasteiger partial charge in [0.15, 0.2) is 6.29 Å². The Morgan fingerprint density at radius 1 is 1.17 bits per heavy atom. The van der Waals surface area contributed by atoms with Gasteiger partial charge >= 0.3 is 0 Å². The number of amides is 1. The summed E-state index contributed by atoms with van der Waals surface area (Å²) in [6.07, 6.45) is 5.79. The van der Waals surface area contributed by atoms with E-state index in [9.17, 15) is 15.0 Å². The standard InChI is InChI=1S/C17H33NO5/c1-12(9-7-5-3-4-6-8-10-16(18)21)22-17-15(20)11-14(19)13(2)23-17/h12-15,17,19-20H,3-11H2,1-2H3,(H2,18,21)/t12-,13+,14-,15-,17-/m1/s1. The fourth-order valence-electron chi connectivity index (χ4n) is 2.80. The SMILES string of the molecule is C[C@H](CCCCCCCCC(N)=O)O[C@@H]1O[C@@H](C)[C@H](O)C[C@H]1O. The summed E-state index contributed by atoms with van der Waals surface area (Å²) in [6, 6.07) is 0. The number of hydrogen-bond donors (Lipinski definition) is 3. The lowest BCUT2D eigenvalue weighted by Gasteiger charge is -2.36. The highest BCUT2D eigenvalue weighted by Crippen LogP contribution is 2.23. The van der Waals surface area contributed by atoms with Crippen LogP contribution in [-0.2, 0) is 14.3 Å². The molecule has 0 aromatic heterocycles. The van der Waals surface area contributed by atoms with Gasteiger partial charge in [0.2, 0.25) is 5.91 Å². The van der Waals surface area contributed by atoms with Gasteiger partial charge in [0.1, 0.15) is 6.10 Å². The van der Waals surface area contributed by atoms with Crippen LogP contribution in [0, 0.1) is 0 Å². The maximum atomic E-state index is 10.6. The van der Waals surface area contributed by atoms with Crippen molar-refractivity contribution < 1.29 is 24.5 Å². The lowest BCUT2D eigenvalue weighted by Crippen LogP contribution is -2.48. The predicted octanol–water partition coefficient (Wildman–Crippen LogP) is 1.85. The van der Waals surface area contributed by atoms with Crippen molar-refractivity contribution in [1.82, 2.24) is 0 Å². The third-order valence-corrected chi connectivity index (χ3v) is 4.34. The number of rotatable bonds is 11. The number of carbonyl (C=O) groups excluding carboxylic acids is 1. The van der Waals surface area contributed by atoms with E-state index in [0.29, 0.717) is 12.8 Å². The number of carbonyl (C=O) groups is 1. The van der Waals surface area contributed by atoms with E-state index in [0.717, 1.165) is 44.9 Å². The fourth-order valence-corrected chi connectivity index (χ4v) is 2.80. The van der Waals surface area contributed by atoms with E-state index in [2.05, 4.69) is 0 Å². The van der Waals surface area contributed by atoms with Crippen LogP contribution in [-0.4, -0.2) is 46.8 Å². The first-order valence-corrected chi connectivity index (χ1v) is 8.85. The van der Waals surface area contributed by atoms with Crippen LogP contribution in [0.25, 0.3) is 0 Å². The molecule has 1 aliphatic heterocycles. The molecule has 0 aromatic rings. The second-order valence-electron chi connectivity index (χ2n) is 6.65. The minimum Gasteiger partial charge on any atom is -0.390 e. The highest BCUT2D eigenvalue weighted by Gasteiger charge is 2.35. The van der Waals surface area contributed by atoms with E-state index in [1.165, 1.54) is 0 Å². The van der Waals surface area contributed by atoms with Gasteiger partial charge in [0, 0.05) is 12.8 Å². The van der Waals surface area contributed by atoms with Gasteiger partial charge in [-0.2, -0.15) is 0 Å². The molecular weight excluding hydrogens is 298 g/mol. The smallest absolute Gasteiger partial charge is 0.217 e. The molecule has 23 heavy (non-hydrogen) atoms. The molecule has 0 aromatic carbocycles. The van der Waals surface area contributed by atoms with Crippen molar-refractivity contribution in [2.24, 2.45) is 5.73 Å². The van der Waals surface area contributed by atoms with Crippen LogP contribution >= 0.6 is 0 Å². The average molecular weight is 331 g/mol. The summed E-state index contributed by atoms with van der Waals surface area (Å²) in [7, 11) is 0. The van der Waals surface area contributed by atoms with Crippen molar-refractivity contribution in [3.63, 3.8) is 0 Å². The second-order valence-corrected chi connectivity index (χ2v) is 6.65.